The van der Waals surface area contributed by atoms with E-state index in [2.05, 4.69) is 15.1 Å². The maximum Gasteiger partial charge on any atom is 0.356 e. The van der Waals surface area contributed by atoms with Crippen molar-refractivity contribution in [2.75, 3.05) is 5.32 Å². The number of sulfonamides is 1. The topological polar surface area (TPSA) is 140 Å². The minimum Gasteiger partial charge on any atom is -0.476 e. The van der Waals surface area contributed by atoms with Crippen LogP contribution in [0.2, 0.25) is 5.02 Å². The molecular weight excluding hydrogens is 575 g/mol. The first kappa shape index (κ1) is 29.7. The smallest absolute Gasteiger partial charge is 0.356 e. The molecule has 3 N–H and O–H groups in total. The predicted octanol–water partition coefficient (Wildman–Crippen LogP) is 5.79. The lowest BCUT2D eigenvalue weighted by atomic mass is 10.2. The Morgan fingerprint density at radius 2 is 1.83 bits per heavy atom. The van der Waals surface area contributed by atoms with E-state index in [1.807, 2.05) is 6.92 Å². The largest absolute Gasteiger partial charge is 0.476 e. The zero-order valence-corrected chi connectivity index (χ0v) is 23.8. The molecule has 1 atom stereocenters. The molecule has 41 heavy (non-hydrogen) atoms. The van der Waals surface area contributed by atoms with Crippen LogP contribution in [-0.4, -0.2) is 41.2 Å². The molecule has 1 aromatic heterocycles. The van der Waals surface area contributed by atoms with E-state index in [1.54, 1.807) is 25.1 Å². The third-order valence-electron chi connectivity index (χ3n) is 6.10. The monoisotopic (exact) mass is 600 g/mol. The second-order valence-electron chi connectivity index (χ2n) is 9.13. The first-order chi connectivity index (χ1) is 19.4. The number of carbonyl (C=O) groups excluding carboxylic acids is 1. The van der Waals surface area contributed by atoms with Gasteiger partial charge in [0.15, 0.2) is 5.69 Å². The van der Waals surface area contributed by atoms with Crippen molar-refractivity contribution in [1.82, 2.24) is 14.5 Å². The van der Waals surface area contributed by atoms with Gasteiger partial charge in [0.25, 0.3) is 5.91 Å². The highest BCUT2D eigenvalue weighted by molar-refractivity contribution is 7.89. The quantitative estimate of drug-likeness (QED) is 0.209. The molecule has 3 aromatic carbocycles. The van der Waals surface area contributed by atoms with E-state index in [4.69, 9.17) is 16.3 Å². The van der Waals surface area contributed by atoms with E-state index >= 15 is 0 Å². The van der Waals surface area contributed by atoms with Crippen LogP contribution in [0.15, 0.2) is 71.6 Å². The summed E-state index contributed by atoms with van der Waals surface area (Å²) in [6.45, 7) is 4.96. The molecule has 1 amide bonds. The molecule has 0 bridgehead atoms. The Labute approximate surface area is 240 Å². The Bertz CT molecular complexity index is 1720. The zero-order valence-electron chi connectivity index (χ0n) is 22.2. The standard InChI is InChI=1S/C28H26ClFN4O6S/c1-4-16(2)33-41(38,39)24-15-21(31-26(35)18-6-5-7-19(29)14-18)10-13-23(24)40-27-17(3)25(28(36)37)32-34(27)22-11-8-20(30)9-12-22/h5-16,33H,4H2,1-3H3,(H,31,35)(H,36,37). The second kappa shape index (κ2) is 12.1. The first-order valence-electron chi connectivity index (χ1n) is 12.4. The van der Waals surface area contributed by atoms with Gasteiger partial charge in [0.1, 0.15) is 16.5 Å². The van der Waals surface area contributed by atoms with Crippen LogP contribution in [0.4, 0.5) is 10.1 Å². The summed E-state index contributed by atoms with van der Waals surface area (Å²) >= 11 is 5.99. The van der Waals surface area contributed by atoms with Gasteiger partial charge in [-0.15, -0.1) is 0 Å². The molecule has 13 heteroatoms. The Hall–Kier alpha value is -4.26. The molecule has 4 rings (SSSR count). The predicted molar refractivity (Wildman–Crippen MR) is 151 cm³/mol. The van der Waals surface area contributed by atoms with Crippen molar-refractivity contribution in [1.29, 1.82) is 0 Å². The molecule has 0 saturated carbocycles. The number of anilines is 1. The summed E-state index contributed by atoms with van der Waals surface area (Å²) in [7, 11) is -4.20. The summed E-state index contributed by atoms with van der Waals surface area (Å²) in [6, 6.07) is 14.9. The van der Waals surface area contributed by atoms with E-state index < -0.39 is 33.8 Å². The molecule has 1 unspecified atom stereocenters. The number of amides is 1. The number of carboxylic acids is 1. The summed E-state index contributed by atoms with van der Waals surface area (Å²) in [5.74, 6) is -2.62. The molecule has 0 aliphatic carbocycles. The number of aromatic carboxylic acids is 1. The summed E-state index contributed by atoms with van der Waals surface area (Å²) in [6.07, 6.45) is 0.499. The number of nitrogens with zero attached hydrogens (tertiary/aromatic N) is 2. The molecule has 0 aliphatic heterocycles. The minimum absolute atomic E-state index is 0.0929. The van der Waals surface area contributed by atoms with Crippen molar-refractivity contribution in [3.8, 4) is 17.3 Å². The summed E-state index contributed by atoms with van der Waals surface area (Å²) < 4.78 is 50.3. The number of carbonyl (C=O) groups is 2. The van der Waals surface area contributed by atoms with E-state index in [0.29, 0.717) is 11.4 Å². The lowest BCUT2D eigenvalue weighted by Crippen LogP contribution is -2.32. The normalized spacial score (nSPS) is 12.1. The second-order valence-corrected chi connectivity index (χ2v) is 11.2. The maximum absolute atomic E-state index is 13.6. The third kappa shape index (κ3) is 6.73. The minimum atomic E-state index is -4.20. The van der Waals surface area contributed by atoms with Crippen LogP contribution in [0.3, 0.4) is 0 Å². The Kier molecular flexibility index (Phi) is 8.76. The fourth-order valence-electron chi connectivity index (χ4n) is 3.79. The van der Waals surface area contributed by atoms with Gasteiger partial charge in [-0.3, -0.25) is 4.79 Å². The van der Waals surface area contributed by atoms with Crippen LogP contribution in [0.25, 0.3) is 5.69 Å². The van der Waals surface area contributed by atoms with Gasteiger partial charge in [-0.1, -0.05) is 24.6 Å². The van der Waals surface area contributed by atoms with Gasteiger partial charge in [-0.2, -0.15) is 9.78 Å². The molecule has 0 spiro atoms. The van der Waals surface area contributed by atoms with Crippen LogP contribution in [0.1, 0.15) is 46.7 Å². The highest BCUT2D eigenvalue weighted by Crippen LogP contribution is 2.35. The van der Waals surface area contributed by atoms with Crippen LogP contribution in [0, 0.1) is 12.7 Å². The van der Waals surface area contributed by atoms with Crippen molar-refractivity contribution >= 4 is 39.2 Å². The SMILES string of the molecule is CCC(C)NS(=O)(=O)c1cc(NC(=O)c2cccc(Cl)c2)ccc1Oc1c(C)c(C(=O)O)nn1-c1ccc(F)cc1. The van der Waals surface area contributed by atoms with Crippen LogP contribution in [0.5, 0.6) is 11.6 Å². The van der Waals surface area contributed by atoms with Crippen molar-refractivity contribution in [2.24, 2.45) is 0 Å². The van der Waals surface area contributed by atoms with Gasteiger partial charge in [0.05, 0.1) is 5.69 Å². The Morgan fingerprint density at radius 1 is 1.12 bits per heavy atom. The number of halogens is 2. The fourth-order valence-corrected chi connectivity index (χ4v) is 5.46. The number of carboxylic acid groups (broad SMARTS) is 1. The molecule has 1 heterocycles. The van der Waals surface area contributed by atoms with E-state index in [0.717, 1.165) is 4.68 Å². The zero-order chi connectivity index (χ0) is 29.9. The number of hydrogen-bond donors (Lipinski definition) is 3. The van der Waals surface area contributed by atoms with E-state index in [9.17, 15) is 27.5 Å². The van der Waals surface area contributed by atoms with Crippen molar-refractivity contribution in [2.45, 2.75) is 38.1 Å². The van der Waals surface area contributed by atoms with Gasteiger partial charge in [-0.25, -0.2) is 22.3 Å². The molecule has 214 valence electrons. The lowest BCUT2D eigenvalue weighted by Gasteiger charge is -2.17. The molecular formula is C28H26ClFN4O6S. The Balaban J connectivity index is 1.81. The van der Waals surface area contributed by atoms with Crippen molar-refractivity contribution in [3.63, 3.8) is 0 Å². The van der Waals surface area contributed by atoms with Crippen molar-refractivity contribution in [3.05, 3.63) is 94.4 Å². The fraction of sp³-hybridized carbons (Fsp3) is 0.179. The average Bonchev–Trinajstić information content (AvgIpc) is 3.25. The van der Waals surface area contributed by atoms with Gasteiger partial charge in [-0.05, 0) is 80.9 Å². The van der Waals surface area contributed by atoms with E-state index in [1.165, 1.54) is 55.5 Å². The summed E-state index contributed by atoms with van der Waals surface area (Å²) in [4.78, 5) is 24.3. The number of benzene rings is 3. The Morgan fingerprint density at radius 3 is 2.46 bits per heavy atom. The van der Waals surface area contributed by atoms with Crippen LogP contribution in [-0.2, 0) is 10.0 Å². The first-order valence-corrected chi connectivity index (χ1v) is 14.3. The number of hydrogen-bond acceptors (Lipinski definition) is 6. The van der Waals surface area contributed by atoms with Gasteiger partial charge >= 0.3 is 5.97 Å². The van der Waals surface area contributed by atoms with Gasteiger partial charge in [0.2, 0.25) is 15.9 Å². The third-order valence-corrected chi connectivity index (χ3v) is 7.94. The molecule has 0 saturated heterocycles. The lowest BCUT2D eigenvalue weighted by molar-refractivity contribution is 0.0689. The molecule has 4 aromatic rings. The van der Waals surface area contributed by atoms with Crippen LogP contribution < -0.4 is 14.8 Å². The summed E-state index contributed by atoms with van der Waals surface area (Å²) in [5, 5.41) is 16.8. The maximum atomic E-state index is 13.6. The number of rotatable bonds is 10. The average molecular weight is 601 g/mol. The van der Waals surface area contributed by atoms with Crippen molar-refractivity contribution < 1.29 is 32.2 Å². The van der Waals surface area contributed by atoms with E-state index in [-0.39, 0.29) is 44.7 Å². The number of nitrogens with one attached hydrogen (secondary N) is 2. The molecule has 0 aliphatic rings. The number of ether oxygens (including phenoxy) is 1. The van der Waals surface area contributed by atoms with Gasteiger partial charge < -0.3 is 15.2 Å². The molecule has 0 fully saturated rings. The summed E-state index contributed by atoms with van der Waals surface area (Å²) in [5.41, 5.74) is 0.474. The molecule has 0 radical (unpaired) electrons. The molecule has 10 nitrogen and oxygen atoms in total. The van der Waals surface area contributed by atoms with Gasteiger partial charge in [0, 0.05) is 27.9 Å². The number of aromatic nitrogens is 2. The highest BCUT2D eigenvalue weighted by Gasteiger charge is 2.27. The highest BCUT2D eigenvalue weighted by atomic mass is 35.5. The van der Waals surface area contributed by atoms with Crippen LogP contribution >= 0.6 is 11.6 Å².